The summed E-state index contributed by atoms with van der Waals surface area (Å²) < 4.78 is 7.48. The van der Waals surface area contributed by atoms with Crippen molar-refractivity contribution in [2.45, 2.75) is 33.4 Å². The molecule has 6 heteroatoms. The maximum Gasteiger partial charge on any atom is 0.223 e. The Morgan fingerprint density at radius 2 is 2.00 bits per heavy atom. The molecular formula is C21H24N4O2. The number of benzene rings is 2. The third kappa shape index (κ3) is 5.67. The van der Waals surface area contributed by atoms with Crippen molar-refractivity contribution in [2.75, 3.05) is 6.61 Å². The van der Waals surface area contributed by atoms with Crippen molar-refractivity contribution in [3.05, 3.63) is 77.4 Å². The highest BCUT2D eigenvalue weighted by molar-refractivity contribution is 5.76. The minimum absolute atomic E-state index is 0.0264. The lowest BCUT2D eigenvalue weighted by Crippen LogP contribution is -2.24. The predicted molar refractivity (Wildman–Crippen MR) is 103 cm³/mol. The van der Waals surface area contributed by atoms with Gasteiger partial charge >= 0.3 is 0 Å². The summed E-state index contributed by atoms with van der Waals surface area (Å²) in [5, 5.41) is 7.05. The Labute approximate surface area is 159 Å². The SMILES string of the molecule is Cc1ccc(OCCC(=O)NCc2cccc(Cn3cncn3)c2)c(C)c1. The molecule has 0 unspecified atom stereocenters. The standard InChI is InChI=1S/C21H24N4O2/c1-16-6-7-20(17(2)10-16)27-9-8-21(26)23-12-18-4-3-5-19(11-18)13-25-15-22-14-24-25/h3-7,10-11,14-15H,8-9,12-13H2,1-2H3,(H,23,26). The van der Waals surface area contributed by atoms with Crippen LogP contribution in [0.1, 0.15) is 28.7 Å². The summed E-state index contributed by atoms with van der Waals surface area (Å²) in [6.07, 6.45) is 3.53. The number of hydrogen-bond donors (Lipinski definition) is 1. The minimum atomic E-state index is -0.0264. The number of aryl methyl sites for hydroxylation is 2. The summed E-state index contributed by atoms with van der Waals surface area (Å²) >= 11 is 0. The number of nitrogens with zero attached hydrogens (tertiary/aromatic N) is 3. The Bertz CT molecular complexity index is 891. The largest absolute Gasteiger partial charge is 0.493 e. The fourth-order valence-corrected chi connectivity index (χ4v) is 2.84. The molecule has 0 saturated heterocycles. The molecule has 0 spiro atoms. The summed E-state index contributed by atoms with van der Waals surface area (Å²) in [7, 11) is 0. The van der Waals surface area contributed by atoms with Crippen molar-refractivity contribution in [1.82, 2.24) is 20.1 Å². The summed E-state index contributed by atoms with van der Waals surface area (Å²) in [5.74, 6) is 0.802. The van der Waals surface area contributed by atoms with Gasteiger partial charge in [0.25, 0.3) is 0 Å². The number of aromatic nitrogens is 3. The third-order valence-electron chi connectivity index (χ3n) is 4.21. The van der Waals surface area contributed by atoms with Gasteiger partial charge in [-0.3, -0.25) is 4.79 Å². The van der Waals surface area contributed by atoms with Gasteiger partial charge in [-0.05, 0) is 36.6 Å². The monoisotopic (exact) mass is 364 g/mol. The molecule has 0 saturated carbocycles. The highest BCUT2D eigenvalue weighted by Gasteiger charge is 2.05. The lowest BCUT2D eigenvalue weighted by molar-refractivity contribution is -0.121. The first-order valence-corrected chi connectivity index (χ1v) is 8.97. The highest BCUT2D eigenvalue weighted by atomic mass is 16.5. The lowest BCUT2D eigenvalue weighted by atomic mass is 10.1. The van der Waals surface area contributed by atoms with E-state index in [-0.39, 0.29) is 5.91 Å². The van der Waals surface area contributed by atoms with Gasteiger partial charge in [0.05, 0.1) is 19.6 Å². The summed E-state index contributed by atoms with van der Waals surface area (Å²) in [6.45, 7) is 5.57. The van der Waals surface area contributed by atoms with Crippen LogP contribution in [0.4, 0.5) is 0 Å². The Balaban J connectivity index is 1.43. The van der Waals surface area contributed by atoms with Gasteiger partial charge in [-0.15, -0.1) is 0 Å². The Morgan fingerprint density at radius 3 is 2.78 bits per heavy atom. The molecular weight excluding hydrogens is 340 g/mol. The molecule has 1 aromatic heterocycles. The van der Waals surface area contributed by atoms with Crippen LogP contribution < -0.4 is 10.1 Å². The molecule has 3 rings (SSSR count). The van der Waals surface area contributed by atoms with E-state index in [0.717, 1.165) is 22.4 Å². The van der Waals surface area contributed by atoms with Gasteiger partial charge in [-0.1, -0.05) is 42.0 Å². The van der Waals surface area contributed by atoms with Crippen molar-refractivity contribution < 1.29 is 9.53 Å². The van der Waals surface area contributed by atoms with Crippen molar-refractivity contribution in [3.8, 4) is 5.75 Å². The van der Waals surface area contributed by atoms with Gasteiger partial charge in [-0.25, -0.2) is 9.67 Å². The molecule has 0 fully saturated rings. The van der Waals surface area contributed by atoms with Crippen LogP contribution in [0.2, 0.25) is 0 Å². The highest BCUT2D eigenvalue weighted by Crippen LogP contribution is 2.18. The van der Waals surface area contributed by atoms with Crippen LogP contribution in [0, 0.1) is 13.8 Å². The van der Waals surface area contributed by atoms with Crippen LogP contribution >= 0.6 is 0 Å². The molecule has 27 heavy (non-hydrogen) atoms. The van der Waals surface area contributed by atoms with Gasteiger partial charge in [-0.2, -0.15) is 5.10 Å². The first-order chi connectivity index (χ1) is 13.1. The summed E-state index contributed by atoms with van der Waals surface area (Å²) in [4.78, 5) is 16.0. The number of carbonyl (C=O) groups is 1. The first-order valence-electron chi connectivity index (χ1n) is 8.97. The lowest BCUT2D eigenvalue weighted by Gasteiger charge is -2.10. The average molecular weight is 364 g/mol. The molecule has 0 aliphatic heterocycles. The van der Waals surface area contributed by atoms with Crippen LogP contribution in [-0.4, -0.2) is 27.3 Å². The number of carbonyl (C=O) groups excluding carboxylic acids is 1. The van der Waals surface area contributed by atoms with Gasteiger partial charge in [0.1, 0.15) is 18.4 Å². The van der Waals surface area contributed by atoms with E-state index < -0.39 is 0 Å². The van der Waals surface area contributed by atoms with Crippen LogP contribution in [0.25, 0.3) is 0 Å². The second-order valence-corrected chi connectivity index (χ2v) is 6.56. The molecule has 2 aromatic carbocycles. The van der Waals surface area contributed by atoms with Crippen LogP contribution in [0.5, 0.6) is 5.75 Å². The van der Waals surface area contributed by atoms with Crippen molar-refractivity contribution in [3.63, 3.8) is 0 Å². The molecule has 0 radical (unpaired) electrons. The number of hydrogen-bond acceptors (Lipinski definition) is 4. The molecule has 3 aromatic rings. The zero-order chi connectivity index (χ0) is 19.1. The fraction of sp³-hybridized carbons (Fsp3) is 0.286. The smallest absolute Gasteiger partial charge is 0.223 e. The average Bonchev–Trinajstić information content (AvgIpc) is 3.15. The molecule has 6 nitrogen and oxygen atoms in total. The normalized spacial score (nSPS) is 10.6. The topological polar surface area (TPSA) is 69.0 Å². The first kappa shape index (κ1) is 18.6. The van der Waals surface area contributed by atoms with Crippen molar-refractivity contribution >= 4 is 5.91 Å². The number of nitrogens with one attached hydrogen (secondary N) is 1. The van der Waals surface area contributed by atoms with Crippen molar-refractivity contribution in [1.29, 1.82) is 0 Å². The summed E-state index contributed by atoms with van der Waals surface area (Å²) in [6, 6.07) is 14.1. The zero-order valence-corrected chi connectivity index (χ0v) is 15.7. The molecule has 0 atom stereocenters. The third-order valence-corrected chi connectivity index (χ3v) is 4.21. The van der Waals surface area contributed by atoms with E-state index in [0.29, 0.717) is 26.1 Å². The number of ether oxygens (including phenoxy) is 1. The molecule has 0 aliphatic carbocycles. The number of amides is 1. The van der Waals surface area contributed by atoms with Crippen LogP contribution in [-0.2, 0) is 17.9 Å². The number of rotatable bonds is 8. The van der Waals surface area contributed by atoms with E-state index in [4.69, 9.17) is 4.74 Å². The molecule has 0 aliphatic rings. The Morgan fingerprint density at radius 1 is 1.15 bits per heavy atom. The second-order valence-electron chi connectivity index (χ2n) is 6.56. The van der Waals surface area contributed by atoms with Gasteiger partial charge in [0, 0.05) is 6.54 Å². The molecule has 140 valence electrons. The van der Waals surface area contributed by atoms with E-state index in [1.807, 2.05) is 44.2 Å². The Hall–Kier alpha value is -3.15. The maximum absolute atomic E-state index is 12.1. The maximum atomic E-state index is 12.1. The predicted octanol–water partition coefficient (Wildman–Crippen LogP) is 3.03. The van der Waals surface area contributed by atoms with E-state index in [9.17, 15) is 4.79 Å². The minimum Gasteiger partial charge on any atom is -0.493 e. The van der Waals surface area contributed by atoms with Crippen LogP contribution in [0.15, 0.2) is 55.1 Å². The van der Waals surface area contributed by atoms with E-state index >= 15 is 0 Å². The van der Waals surface area contributed by atoms with Crippen molar-refractivity contribution in [2.24, 2.45) is 0 Å². The molecule has 0 bridgehead atoms. The van der Waals surface area contributed by atoms with Gasteiger partial charge in [0.15, 0.2) is 0 Å². The summed E-state index contributed by atoms with van der Waals surface area (Å²) in [5.41, 5.74) is 4.45. The van der Waals surface area contributed by atoms with Gasteiger partial charge < -0.3 is 10.1 Å². The van der Waals surface area contributed by atoms with E-state index in [1.165, 1.54) is 11.9 Å². The van der Waals surface area contributed by atoms with E-state index in [2.05, 4.69) is 27.5 Å². The zero-order valence-electron chi connectivity index (χ0n) is 15.7. The second kappa shape index (κ2) is 8.98. The van der Waals surface area contributed by atoms with Gasteiger partial charge in [0.2, 0.25) is 5.91 Å². The van der Waals surface area contributed by atoms with E-state index in [1.54, 1.807) is 11.0 Å². The molecule has 1 N–H and O–H groups in total. The molecule has 1 amide bonds. The quantitative estimate of drug-likeness (QED) is 0.667. The molecule has 1 heterocycles. The van der Waals surface area contributed by atoms with Crippen LogP contribution in [0.3, 0.4) is 0 Å². The fourth-order valence-electron chi connectivity index (χ4n) is 2.84. The Kier molecular flexibility index (Phi) is 6.20.